The smallest absolute Gasteiger partial charge is 0.253 e. The number of nitrogens with two attached hydrogens (primary N) is 1. The van der Waals surface area contributed by atoms with Crippen molar-refractivity contribution in [1.29, 1.82) is 0 Å². The van der Waals surface area contributed by atoms with Gasteiger partial charge in [0.15, 0.2) is 0 Å². The first kappa shape index (κ1) is 11.5. The van der Waals surface area contributed by atoms with Crippen molar-refractivity contribution in [3.8, 4) is 0 Å². The maximum Gasteiger partial charge on any atom is 0.253 e. The van der Waals surface area contributed by atoms with E-state index in [1.54, 1.807) is 12.1 Å². The van der Waals surface area contributed by atoms with Gasteiger partial charge < -0.3 is 11.1 Å². The van der Waals surface area contributed by atoms with Gasteiger partial charge in [-0.3, -0.25) is 4.79 Å². The number of carbonyl (C=O) groups excluding carboxylic acids is 1. The van der Waals surface area contributed by atoms with Gasteiger partial charge in [0.1, 0.15) is 10.8 Å². The molecule has 0 atom stereocenters. The van der Waals surface area contributed by atoms with E-state index >= 15 is 0 Å². The quantitative estimate of drug-likeness (QED) is 0.859. The molecule has 0 radical (unpaired) electrons. The standard InChI is InChI=1S/C11H12N4OS/c1-7-6-17-10(15-7)5-14-11(16)8-2-3-9(12)13-4-8/h2-4,6H,5H2,1H3,(H2,12,13)(H,14,16). The van der Waals surface area contributed by atoms with Crippen LogP contribution < -0.4 is 11.1 Å². The highest BCUT2D eigenvalue weighted by molar-refractivity contribution is 7.09. The van der Waals surface area contributed by atoms with Gasteiger partial charge in [-0.1, -0.05) is 0 Å². The van der Waals surface area contributed by atoms with Crippen molar-refractivity contribution >= 4 is 23.1 Å². The predicted molar refractivity (Wildman–Crippen MR) is 66.7 cm³/mol. The van der Waals surface area contributed by atoms with Gasteiger partial charge in [-0.15, -0.1) is 11.3 Å². The van der Waals surface area contributed by atoms with Crippen LogP contribution in [0.25, 0.3) is 0 Å². The monoisotopic (exact) mass is 248 g/mol. The Labute approximate surface area is 103 Å². The summed E-state index contributed by atoms with van der Waals surface area (Å²) >= 11 is 1.53. The fourth-order valence-electron chi connectivity index (χ4n) is 1.28. The van der Waals surface area contributed by atoms with Crippen LogP contribution in [-0.4, -0.2) is 15.9 Å². The van der Waals surface area contributed by atoms with Gasteiger partial charge in [-0.25, -0.2) is 9.97 Å². The minimum atomic E-state index is -0.176. The highest BCUT2D eigenvalue weighted by atomic mass is 32.1. The van der Waals surface area contributed by atoms with E-state index in [0.29, 0.717) is 17.9 Å². The van der Waals surface area contributed by atoms with Crippen molar-refractivity contribution in [1.82, 2.24) is 15.3 Å². The lowest BCUT2D eigenvalue weighted by Gasteiger charge is -2.02. The molecule has 2 aromatic rings. The molecule has 6 heteroatoms. The second kappa shape index (κ2) is 4.92. The molecule has 0 saturated heterocycles. The number of nitrogens with zero attached hydrogens (tertiary/aromatic N) is 2. The van der Waals surface area contributed by atoms with Crippen molar-refractivity contribution in [3.05, 3.63) is 40.0 Å². The van der Waals surface area contributed by atoms with Crippen LogP contribution in [0.5, 0.6) is 0 Å². The number of anilines is 1. The highest BCUT2D eigenvalue weighted by Gasteiger charge is 2.06. The molecule has 3 N–H and O–H groups in total. The Bertz CT molecular complexity index is 521. The van der Waals surface area contributed by atoms with Gasteiger partial charge in [0.05, 0.1) is 12.1 Å². The highest BCUT2D eigenvalue weighted by Crippen LogP contribution is 2.08. The molecule has 0 bridgehead atoms. The number of rotatable bonds is 3. The zero-order valence-electron chi connectivity index (χ0n) is 9.30. The van der Waals surface area contributed by atoms with Crippen molar-refractivity contribution in [2.24, 2.45) is 0 Å². The van der Waals surface area contributed by atoms with Gasteiger partial charge in [0.2, 0.25) is 0 Å². The van der Waals surface area contributed by atoms with Crippen LogP contribution in [-0.2, 0) is 6.54 Å². The number of aryl methyl sites for hydroxylation is 1. The largest absolute Gasteiger partial charge is 0.384 e. The molecule has 2 rings (SSSR count). The van der Waals surface area contributed by atoms with Crippen LogP contribution in [0.1, 0.15) is 21.1 Å². The van der Waals surface area contributed by atoms with Crippen LogP contribution >= 0.6 is 11.3 Å². The molecule has 0 aromatic carbocycles. The molecular formula is C11H12N4OS. The number of thiazole rings is 1. The zero-order valence-corrected chi connectivity index (χ0v) is 10.1. The van der Waals surface area contributed by atoms with E-state index in [0.717, 1.165) is 10.7 Å². The summed E-state index contributed by atoms with van der Waals surface area (Å²) in [7, 11) is 0. The predicted octanol–water partition coefficient (Wildman–Crippen LogP) is 1.36. The van der Waals surface area contributed by atoms with Crippen molar-refractivity contribution in [2.45, 2.75) is 13.5 Å². The third-order valence-electron chi connectivity index (χ3n) is 2.12. The van der Waals surface area contributed by atoms with E-state index < -0.39 is 0 Å². The summed E-state index contributed by atoms with van der Waals surface area (Å²) in [5.41, 5.74) is 6.90. The number of aromatic nitrogens is 2. The Morgan fingerprint density at radius 1 is 1.53 bits per heavy atom. The lowest BCUT2D eigenvalue weighted by molar-refractivity contribution is 0.0950. The molecule has 0 saturated carbocycles. The summed E-state index contributed by atoms with van der Waals surface area (Å²) in [4.78, 5) is 19.8. The van der Waals surface area contributed by atoms with Gasteiger partial charge >= 0.3 is 0 Å². The summed E-state index contributed by atoms with van der Waals surface area (Å²) in [6, 6.07) is 3.24. The van der Waals surface area contributed by atoms with Gasteiger partial charge in [-0.05, 0) is 19.1 Å². The summed E-state index contributed by atoms with van der Waals surface area (Å²) < 4.78 is 0. The van der Waals surface area contributed by atoms with E-state index in [4.69, 9.17) is 5.73 Å². The number of hydrogen-bond acceptors (Lipinski definition) is 5. The molecule has 0 aliphatic carbocycles. The van der Waals surface area contributed by atoms with E-state index in [1.165, 1.54) is 17.5 Å². The van der Waals surface area contributed by atoms with E-state index in [9.17, 15) is 4.79 Å². The Hall–Kier alpha value is -1.95. The maximum absolute atomic E-state index is 11.7. The summed E-state index contributed by atoms with van der Waals surface area (Å²) in [5, 5.41) is 5.62. The number of nitrogens with one attached hydrogen (secondary N) is 1. The minimum Gasteiger partial charge on any atom is -0.384 e. The fraction of sp³-hybridized carbons (Fsp3) is 0.182. The third kappa shape index (κ3) is 3.01. The Balaban J connectivity index is 1.95. The summed E-state index contributed by atoms with van der Waals surface area (Å²) in [5.74, 6) is 0.224. The molecule has 5 nitrogen and oxygen atoms in total. The number of pyridine rings is 1. The van der Waals surface area contributed by atoms with Gasteiger partial charge in [0.25, 0.3) is 5.91 Å². The Kier molecular flexibility index (Phi) is 3.34. The number of hydrogen-bond donors (Lipinski definition) is 2. The summed E-state index contributed by atoms with van der Waals surface area (Å²) in [6.45, 7) is 2.35. The molecule has 88 valence electrons. The maximum atomic E-state index is 11.7. The molecule has 0 spiro atoms. The van der Waals surface area contributed by atoms with Crippen LogP contribution in [0.15, 0.2) is 23.7 Å². The zero-order chi connectivity index (χ0) is 12.3. The number of nitrogen functional groups attached to an aromatic ring is 1. The topological polar surface area (TPSA) is 80.9 Å². The number of carbonyl (C=O) groups is 1. The van der Waals surface area contributed by atoms with Crippen molar-refractivity contribution < 1.29 is 4.79 Å². The van der Waals surface area contributed by atoms with E-state index in [1.807, 2.05) is 12.3 Å². The lowest BCUT2D eigenvalue weighted by Crippen LogP contribution is -2.22. The average molecular weight is 248 g/mol. The molecule has 2 aromatic heterocycles. The Morgan fingerprint density at radius 2 is 2.35 bits per heavy atom. The van der Waals surface area contributed by atoms with Crippen LogP contribution in [0, 0.1) is 6.92 Å². The van der Waals surface area contributed by atoms with E-state index in [-0.39, 0.29) is 5.91 Å². The minimum absolute atomic E-state index is 0.176. The molecule has 0 unspecified atom stereocenters. The fourth-order valence-corrected chi connectivity index (χ4v) is 1.99. The summed E-state index contributed by atoms with van der Waals surface area (Å²) in [6.07, 6.45) is 1.46. The Morgan fingerprint density at radius 3 is 2.94 bits per heavy atom. The second-order valence-corrected chi connectivity index (χ2v) is 4.48. The first-order valence-electron chi connectivity index (χ1n) is 5.06. The first-order valence-corrected chi connectivity index (χ1v) is 5.94. The van der Waals surface area contributed by atoms with Gasteiger partial charge in [0, 0.05) is 17.3 Å². The molecule has 0 fully saturated rings. The first-order chi connectivity index (χ1) is 8.15. The van der Waals surface area contributed by atoms with Crippen molar-refractivity contribution in [2.75, 3.05) is 5.73 Å². The van der Waals surface area contributed by atoms with Crippen molar-refractivity contribution in [3.63, 3.8) is 0 Å². The van der Waals surface area contributed by atoms with Crippen LogP contribution in [0.3, 0.4) is 0 Å². The van der Waals surface area contributed by atoms with Crippen LogP contribution in [0.4, 0.5) is 5.82 Å². The van der Waals surface area contributed by atoms with Gasteiger partial charge in [-0.2, -0.15) is 0 Å². The molecule has 0 aliphatic rings. The average Bonchev–Trinajstić information content (AvgIpc) is 2.73. The lowest BCUT2D eigenvalue weighted by atomic mass is 10.2. The molecule has 17 heavy (non-hydrogen) atoms. The van der Waals surface area contributed by atoms with E-state index in [2.05, 4.69) is 15.3 Å². The molecule has 1 amide bonds. The second-order valence-electron chi connectivity index (χ2n) is 3.54. The molecule has 2 heterocycles. The normalized spacial score (nSPS) is 10.2. The molecule has 0 aliphatic heterocycles. The SMILES string of the molecule is Cc1csc(CNC(=O)c2ccc(N)nc2)n1. The number of amides is 1. The van der Waals surface area contributed by atoms with Crippen LogP contribution in [0.2, 0.25) is 0 Å². The third-order valence-corrected chi connectivity index (χ3v) is 3.08. The molecular weight excluding hydrogens is 236 g/mol.